The molecule has 1 aliphatic rings. The Balaban J connectivity index is 1.89. The molecular weight excluding hydrogens is 378 g/mol. The van der Waals surface area contributed by atoms with Gasteiger partial charge in [0.25, 0.3) is 11.8 Å². The lowest BCUT2D eigenvalue weighted by Gasteiger charge is -2.14. The molecule has 2 aromatic carbocycles. The molecule has 0 radical (unpaired) electrons. The summed E-state index contributed by atoms with van der Waals surface area (Å²) in [5, 5.41) is 18.7. The number of anilines is 1. The predicted octanol–water partition coefficient (Wildman–Crippen LogP) is 0.0725. The van der Waals surface area contributed by atoms with Crippen LogP contribution in [0.5, 0.6) is 0 Å². The van der Waals surface area contributed by atoms with E-state index in [-0.39, 0.29) is 21.9 Å². The summed E-state index contributed by atoms with van der Waals surface area (Å²) in [6, 6.07) is 8.68. The van der Waals surface area contributed by atoms with E-state index < -0.39 is 32.1 Å². The average Bonchev–Trinajstić information content (AvgIpc) is 2.86. The second-order valence-corrected chi connectivity index (χ2v) is 7.42. The Morgan fingerprint density at radius 1 is 1.04 bits per heavy atom. The normalized spacial score (nSPS) is 15.0. The van der Waals surface area contributed by atoms with Crippen molar-refractivity contribution < 1.29 is 32.7 Å². The third-order valence-electron chi connectivity index (χ3n) is 3.91. The maximum atomic E-state index is 12.5. The van der Waals surface area contributed by atoms with Crippen molar-refractivity contribution >= 4 is 33.3 Å². The first kappa shape index (κ1) is 18.9. The lowest BCUT2D eigenvalue weighted by atomic mass is 10.1. The molecule has 1 unspecified atom stereocenters. The number of quaternary nitrogens is 1. The number of amides is 2. The number of rotatable bonds is 5. The fraction of sp³-hybridized carbons (Fsp3) is 0.125. The van der Waals surface area contributed by atoms with Gasteiger partial charge in [-0.15, -0.1) is 9.35 Å². The van der Waals surface area contributed by atoms with Crippen LogP contribution in [0.15, 0.2) is 47.4 Å². The Morgan fingerprint density at radius 2 is 1.63 bits per heavy atom. The summed E-state index contributed by atoms with van der Waals surface area (Å²) in [5.41, 5.74) is 0.597. The first-order chi connectivity index (χ1) is 12.6. The van der Waals surface area contributed by atoms with Gasteiger partial charge in [-0.1, -0.05) is 0 Å². The van der Waals surface area contributed by atoms with Crippen LogP contribution < -0.4 is 10.1 Å². The average molecular weight is 393 g/mol. The zero-order chi connectivity index (χ0) is 19.9. The minimum atomic E-state index is -4.52. The van der Waals surface area contributed by atoms with Crippen LogP contribution >= 0.6 is 0 Å². The van der Waals surface area contributed by atoms with Crippen LogP contribution in [-0.4, -0.2) is 44.6 Å². The van der Waals surface area contributed by atoms with Crippen molar-refractivity contribution in [3.05, 3.63) is 58.8 Å². The number of imide groups is 1. The van der Waals surface area contributed by atoms with E-state index in [9.17, 15) is 23.2 Å². The summed E-state index contributed by atoms with van der Waals surface area (Å²) in [6.45, 7) is 0. The number of hydrogen-bond acceptors (Lipinski definition) is 8. The number of nitrogens with one attached hydrogen (secondary N) is 1. The van der Waals surface area contributed by atoms with Gasteiger partial charge in [0.2, 0.25) is 0 Å². The van der Waals surface area contributed by atoms with Gasteiger partial charge < -0.3 is 10.1 Å². The van der Waals surface area contributed by atoms with E-state index in [0.29, 0.717) is 5.69 Å². The molecular formula is C16H15N3O7S. The molecule has 0 saturated heterocycles. The van der Waals surface area contributed by atoms with E-state index in [0.717, 1.165) is 24.3 Å². The molecule has 2 N–H and O–H groups in total. The van der Waals surface area contributed by atoms with Crippen molar-refractivity contribution in [2.75, 3.05) is 19.0 Å². The SMILES string of the molecule is CN(C)c1ccc2c(c1)C(=O)N(OS(=O)(=O)c1ccc([NH+]([O-])O)cc1)C2=O. The van der Waals surface area contributed by atoms with Crippen LogP contribution in [0.2, 0.25) is 0 Å². The number of nitrogens with zero attached hydrogens (tertiary/aromatic N) is 2. The fourth-order valence-electron chi connectivity index (χ4n) is 2.46. The van der Waals surface area contributed by atoms with E-state index in [1.165, 1.54) is 12.1 Å². The van der Waals surface area contributed by atoms with Gasteiger partial charge in [-0.25, -0.2) is 5.21 Å². The zero-order valence-corrected chi connectivity index (χ0v) is 15.1. The van der Waals surface area contributed by atoms with Gasteiger partial charge in [-0.2, -0.15) is 13.6 Å². The van der Waals surface area contributed by atoms with Crippen LogP contribution in [0.1, 0.15) is 20.7 Å². The molecule has 2 aromatic rings. The number of fused-ring (bicyclic) bond motifs is 1. The highest BCUT2D eigenvalue weighted by Crippen LogP contribution is 2.28. The Labute approximate surface area is 154 Å². The summed E-state index contributed by atoms with van der Waals surface area (Å²) in [6.07, 6.45) is 0. The minimum absolute atomic E-state index is 0.0297. The maximum Gasteiger partial charge on any atom is 0.318 e. The topological polar surface area (TPSA) is 132 Å². The van der Waals surface area contributed by atoms with Crippen molar-refractivity contribution in [1.82, 2.24) is 5.06 Å². The Hall–Kier alpha value is -2.83. The van der Waals surface area contributed by atoms with Crippen molar-refractivity contribution in [1.29, 1.82) is 0 Å². The Bertz CT molecular complexity index is 1020. The highest BCUT2D eigenvalue weighted by Gasteiger charge is 2.40. The summed E-state index contributed by atoms with van der Waals surface area (Å²) in [5.74, 6) is -1.80. The van der Waals surface area contributed by atoms with Crippen molar-refractivity contribution in [3.8, 4) is 0 Å². The van der Waals surface area contributed by atoms with Crippen LogP contribution in [0.4, 0.5) is 11.4 Å². The van der Waals surface area contributed by atoms with Crippen molar-refractivity contribution in [2.24, 2.45) is 0 Å². The number of hydroxylamine groups is 2. The van der Waals surface area contributed by atoms with Crippen molar-refractivity contribution in [2.45, 2.75) is 4.90 Å². The second-order valence-electron chi connectivity index (χ2n) is 5.89. The first-order valence-corrected chi connectivity index (χ1v) is 9.01. The van der Waals surface area contributed by atoms with E-state index >= 15 is 0 Å². The minimum Gasteiger partial charge on any atom is -0.595 e. The molecule has 0 bridgehead atoms. The summed E-state index contributed by atoms with van der Waals surface area (Å²) in [7, 11) is -1.01. The molecule has 2 amide bonds. The van der Waals surface area contributed by atoms with E-state index in [1.807, 2.05) is 0 Å². The number of hydrogen-bond donors (Lipinski definition) is 2. The molecule has 1 aliphatic heterocycles. The molecule has 10 nitrogen and oxygen atoms in total. The van der Waals surface area contributed by atoms with Gasteiger partial charge in [-0.05, 0) is 30.3 Å². The summed E-state index contributed by atoms with van der Waals surface area (Å²) < 4.78 is 29.5. The third kappa shape index (κ3) is 3.41. The maximum absolute atomic E-state index is 12.5. The number of carbonyl (C=O) groups is 2. The van der Waals surface area contributed by atoms with Crippen molar-refractivity contribution in [3.63, 3.8) is 0 Å². The molecule has 27 heavy (non-hydrogen) atoms. The van der Waals surface area contributed by atoms with Gasteiger partial charge in [0.05, 0.1) is 16.0 Å². The lowest BCUT2D eigenvalue weighted by Crippen LogP contribution is -2.99. The molecule has 0 aliphatic carbocycles. The van der Waals surface area contributed by atoms with Crippen LogP contribution in [-0.2, 0) is 14.4 Å². The highest BCUT2D eigenvalue weighted by molar-refractivity contribution is 7.86. The second kappa shape index (κ2) is 6.72. The van der Waals surface area contributed by atoms with Crippen LogP contribution in [0, 0.1) is 5.21 Å². The standard InChI is InChI=1S/C16H15N3O7S/c1-17(2)11-5-8-13-14(9-11)16(21)18(15(13)20)26-27(24,25)12-6-3-10(4-7-12)19(22)23/h3-9,19,22H,1-2H3. The smallest absolute Gasteiger partial charge is 0.318 e. The first-order valence-electron chi connectivity index (χ1n) is 7.60. The van der Waals surface area contributed by atoms with Gasteiger partial charge in [0.15, 0.2) is 5.69 Å². The molecule has 3 rings (SSSR count). The molecule has 0 fully saturated rings. The molecule has 1 atom stereocenters. The van der Waals surface area contributed by atoms with Gasteiger partial charge >= 0.3 is 10.1 Å². The predicted molar refractivity (Wildman–Crippen MR) is 91.8 cm³/mol. The van der Waals surface area contributed by atoms with E-state index in [1.54, 1.807) is 25.1 Å². The summed E-state index contributed by atoms with van der Waals surface area (Å²) in [4.78, 5) is 26.2. The number of benzene rings is 2. The lowest BCUT2D eigenvalue weighted by molar-refractivity contribution is -0.991. The van der Waals surface area contributed by atoms with Crippen LogP contribution in [0.25, 0.3) is 0 Å². The molecule has 142 valence electrons. The van der Waals surface area contributed by atoms with Gasteiger partial charge in [-0.3, -0.25) is 9.59 Å². The van der Waals surface area contributed by atoms with E-state index in [4.69, 9.17) is 9.49 Å². The molecule has 0 spiro atoms. The quantitative estimate of drug-likeness (QED) is 0.539. The Morgan fingerprint density at radius 3 is 2.19 bits per heavy atom. The zero-order valence-electron chi connectivity index (χ0n) is 14.2. The molecule has 11 heteroatoms. The summed E-state index contributed by atoms with van der Waals surface area (Å²) >= 11 is 0. The number of carbonyl (C=O) groups excluding carboxylic acids is 2. The Kier molecular flexibility index (Phi) is 4.71. The fourth-order valence-corrected chi connectivity index (χ4v) is 3.35. The highest BCUT2D eigenvalue weighted by atomic mass is 32.2. The largest absolute Gasteiger partial charge is 0.595 e. The third-order valence-corrected chi connectivity index (χ3v) is 5.11. The molecule has 1 heterocycles. The van der Waals surface area contributed by atoms with Gasteiger partial charge in [0, 0.05) is 31.9 Å². The van der Waals surface area contributed by atoms with Crippen LogP contribution in [0.3, 0.4) is 0 Å². The monoisotopic (exact) mass is 393 g/mol. The van der Waals surface area contributed by atoms with Gasteiger partial charge in [0.1, 0.15) is 0 Å². The molecule has 0 aromatic heterocycles. The molecule has 0 saturated carbocycles. The van der Waals surface area contributed by atoms with E-state index in [2.05, 4.69) is 0 Å².